The number of likely N-dealkylation sites (tertiary alicyclic amines) is 1. The fourth-order valence-corrected chi connectivity index (χ4v) is 8.12. The highest BCUT2D eigenvalue weighted by molar-refractivity contribution is 5.78. The van der Waals surface area contributed by atoms with Crippen LogP contribution in [0.3, 0.4) is 0 Å². The van der Waals surface area contributed by atoms with Gasteiger partial charge >= 0.3 is 41.9 Å². The number of hydrogen-bond donors (Lipinski definition) is 0. The SMILES string of the molecule is CCCCCCCCOC(=O)CC(CC(=O)OCCCCCCCC)CC(=O)O[C@H]1CN(C(=O)OCC)C[C@H]1OC(=O)CC(CC(=O)OCCCCCCCC)CC(=O)OCCCCCCCC. The zero-order valence-corrected chi connectivity index (χ0v) is 43.1. The number of unbranched alkanes of at least 4 members (excludes halogenated alkanes) is 20. The molecule has 15 nitrogen and oxygen atoms in total. The number of amides is 1. The third-order valence-corrected chi connectivity index (χ3v) is 12.1. The van der Waals surface area contributed by atoms with Crippen molar-refractivity contribution in [1.82, 2.24) is 4.90 Å². The van der Waals surface area contributed by atoms with Gasteiger partial charge in [-0.25, -0.2) is 4.79 Å². The van der Waals surface area contributed by atoms with E-state index in [1.54, 1.807) is 6.92 Å². The van der Waals surface area contributed by atoms with E-state index in [0.29, 0.717) is 25.7 Å². The van der Waals surface area contributed by atoms with Gasteiger partial charge in [-0.3, -0.25) is 28.8 Å². The summed E-state index contributed by atoms with van der Waals surface area (Å²) in [5.41, 5.74) is 0. The highest BCUT2D eigenvalue weighted by atomic mass is 16.6. The van der Waals surface area contributed by atoms with Gasteiger partial charge in [-0.05, 0) is 44.4 Å². The lowest BCUT2D eigenvalue weighted by Gasteiger charge is -2.22. The second-order valence-electron chi connectivity index (χ2n) is 18.6. The Hall–Kier alpha value is -3.91. The molecule has 1 fully saturated rings. The summed E-state index contributed by atoms with van der Waals surface area (Å²) < 4.78 is 38.9. The summed E-state index contributed by atoms with van der Waals surface area (Å²) in [6.45, 7) is 11.0. The topological polar surface area (TPSA) is 187 Å². The Morgan fingerprint density at radius 3 is 0.868 bits per heavy atom. The number of esters is 6. The molecule has 394 valence electrons. The van der Waals surface area contributed by atoms with E-state index < -0.39 is 66.0 Å². The molecule has 68 heavy (non-hydrogen) atoms. The monoisotopic (exact) mass is 968 g/mol. The van der Waals surface area contributed by atoms with E-state index in [2.05, 4.69) is 27.7 Å². The maximum absolute atomic E-state index is 13.6. The van der Waals surface area contributed by atoms with Crippen LogP contribution in [0.4, 0.5) is 4.79 Å². The molecule has 0 bridgehead atoms. The van der Waals surface area contributed by atoms with E-state index >= 15 is 0 Å². The lowest BCUT2D eigenvalue weighted by molar-refractivity contribution is -0.166. The van der Waals surface area contributed by atoms with Crippen LogP contribution in [-0.2, 0) is 61.9 Å². The van der Waals surface area contributed by atoms with E-state index in [9.17, 15) is 33.6 Å². The number of carbonyl (C=O) groups excluding carboxylic acids is 7. The normalized spacial score (nSPS) is 14.5. The number of hydrogen-bond acceptors (Lipinski definition) is 14. The summed E-state index contributed by atoms with van der Waals surface area (Å²) in [5.74, 6) is -5.25. The third kappa shape index (κ3) is 33.6. The number of ether oxygens (including phenoxy) is 7. The van der Waals surface area contributed by atoms with Crippen LogP contribution < -0.4 is 0 Å². The molecular formula is C53H93NO14. The molecule has 0 aliphatic carbocycles. The summed E-state index contributed by atoms with van der Waals surface area (Å²) in [6.07, 6.45) is 20.1. The van der Waals surface area contributed by atoms with Crippen molar-refractivity contribution in [3.05, 3.63) is 0 Å². The van der Waals surface area contributed by atoms with Gasteiger partial charge in [0.2, 0.25) is 0 Å². The molecule has 1 aliphatic rings. The lowest BCUT2D eigenvalue weighted by atomic mass is 9.97. The van der Waals surface area contributed by atoms with Crippen LogP contribution in [0.2, 0.25) is 0 Å². The minimum atomic E-state index is -1.11. The molecule has 1 aliphatic heterocycles. The smallest absolute Gasteiger partial charge is 0.410 e. The van der Waals surface area contributed by atoms with Crippen LogP contribution in [0.15, 0.2) is 0 Å². The summed E-state index contributed by atoms with van der Waals surface area (Å²) in [7, 11) is 0. The molecule has 15 heteroatoms. The molecular weight excluding hydrogens is 875 g/mol. The van der Waals surface area contributed by atoms with Crippen LogP contribution in [-0.4, -0.2) is 105 Å². The Morgan fingerprint density at radius 2 is 0.603 bits per heavy atom. The molecule has 0 aromatic rings. The highest BCUT2D eigenvalue weighted by Crippen LogP contribution is 2.25. The quantitative estimate of drug-likeness (QED) is 0.0319. The molecule has 1 heterocycles. The fraction of sp³-hybridized carbons (Fsp3) is 0.868. The molecule has 0 aromatic carbocycles. The summed E-state index contributed by atoms with van der Waals surface area (Å²) in [5, 5.41) is 0. The fourth-order valence-electron chi connectivity index (χ4n) is 8.12. The molecule has 1 saturated heterocycles. The first-order valence-corrected chi connectivity index (χ1v) is 26.9. The lowest BCUT2D eigenvalue weighted by Crippen LogP contribution is -2.35. The van der Waals surface area contributed by atoms with E-state index in [-0.39, 0.29) is 84.6 Å². The largest absolute Gasteiger partial charge is 0.466 e. The van der Waals surface area contributed by atoms with E-state index in [4.69, 9.17) is 33.2 Å². The van der Waals surface area contributed by atoms with Crippen LogP contribution in [0, 0.1) is 11.8 Å². The van der Waals surface area contributed by atoms with Crippen LogP contribution in [0.5, 0.6) is 0 Å². The zero-order valence-electron chi connectivity index (χ0n) is 43.1. The van der Waals surface area contributed by atoms with Gasteiger partial charge in [0.1, 0.15) is 0 Å². The number of nitrogens with zero attached hydrogens (tertiary/aromatic N) is 1. The average Bonchev–Trinajstić information content (AvgIpc) is 3.68. The predicted octanol–water partition coefficient (Wildman–Crippen LogP) is 11.5. The van der Waals surface area contributed by atoms with Gasteiger partial charge in [0.25, 0.3) is 0 Å². The second kappa shape index (κ2) is 42.0. The van der Waals surface area contributed by atoms with Crippen molar-refractivity contribution in [1.29, 1.82) is 0 Å². The van der Waals surface area contributed by atoms with Gasteiger partial charge in [0.05, 0.1) is 46.1 Å². The minimum absolute atomic E-state index is 0.0848. The van der Waals surface area contributed by atoms with Crippen LogP contribution in [0.1, 0.15) is 227 Å². The first-order chi connectivity index (χ1) is 32.9. The number of carbonyl (C=O) groups is 7. The third-order valence-electron chi connectivity index (χ3n) is 12.1. The van der Waals surface area contributed by atoms with Gasteiger partial charge in [-0.15, -0.1) is 0 Å². The standard InChI is InChI=1S/C53H93NO14/c1-6-11-15-19-23-27-31-63-47(55)35-43(36-48(56)64-32-28-24-20-16-12-7-2)39-51(59)67-45-41-54(53(61)62-10-5)42-46(45)68-52(60)40-44(37-49(57)65-33-29-25-21-17-13-8-3)38-50(58)66-34-30-26-22-18-14-9-4/h43-46H,6-42H2,1-5H3/t45-,46+. The highest BCUT2D eigenvalue weighted by Gasteiger charge is 2.42. The Balaban J connectivity index is 3.06. The van der Waals surface area contributed by atoms with Gasteiger partial charge < -0.3 is 38.1 Å². The molecule has 1 amide bonds. The van der Waals surface area contributed by atoms with Gasteiger partial charge in [0.15, 0.2) is 12.2 Å². The molecule has 2 atom stereocenters. The van der Waals surface area contributed by atoms with Gasteiger partial charge in [-0.1, -0.05) is 156 Å². The Labute approximate surface area is 409 Å². The van der Waals surface area contributed by atoms with Gasteiger partial charge in [-0.2, -0.15) is 0 Å². The van der Waals surface area contributed by atoms with Crippen LogP contribution >= 0.6 is 0 Å². The summed E-state index contributed by atoms with van der Waals surface area (Å²) >= 11 is 0. The molecule has 0 saturated carbocycles. The first kappa shape index (κ1) is 62.1. The van der Waals surface area contributed by atoms with Crippen molar-refractivity contribution < 1.29 is 66.7 Å². The molecule has 0 N–H and O–H groups in total. The van der Waals surface area contributed by atoms with Crippen molar-refractivity contribution in [2.24, 2.45) is 11.8 Å². The predicted molar refractivity (Wildman–Crippen MR) is 260 cm³/mol. The summed E-state index contributed by atoms with van der Waals surface area (Å²) in [6, 6.07) is 0. The summed E-state index contributed by atoms with van der Waals surface area (Å²) in [4.78, 5) is 93.3. The number of rotatable bonds is 43. The van der Waals surface area contributed by atoms with Crippen molar-refractivity contribution in [3.8, 4) is 0 Å². The Morgan fingerprint density at radius 1 is 0.353 bits per heavy atom. The Bertz CT molecular complexity index is 1220. The Kier molecular flexibility index (Phi) is 38.4. The van der Waals surface area contributed by atoms with E-state index in [0.717, 1.165) is 128 Å². The average molecular weight is 968 g/mol. The maximum Gasteiger partial charge on any atom is 0.410 e. The minimum Gasteiger partial charge on any atom is -0.466 e. The van der Waals surface area contributed by atoms with Crippen molar-refractivity contribution >= 4 is 41.9 Å². The first-order valence-electron chi connectivity index (χ1n) is 26.9. The van der Waals surface area contributed by atoms with E-state index in [1.807, 2.05) is 0 Å². The molecule has 0 unspecified atom stereocenters. The van der Waals surface area contributed by atoms with Gasteiger partial charge in [0, 0.05) is 38.5 Å². The molecule has 1 rings (SSSR count). The van der Waals surface area contributed by atoms with Crippen LogP contribution in [0.25, 0.3) is 0 Å². The zero-order chi connectivity index (χ0) is 50.0. The van der Waals surface area contributed by atoms with Crippen molar-refractivity contribution in [2.45, 2.75) is 239 Å². The maximum atomic E-state index is 13.6. The van der Waals surface area contributed by atoms with E-state index in [1.165, 1.54) is 4.90 Å². The molecule has 0 spiro atoms. The van der Waals surface area contributed by atoms with Crippen molar-refractivity contribution in [3.63, 3.8) is 0 Å². The molecule has 0 radical (unpaired) electrons. The molecule has 0 aromatic heterocycles. The van der Waals surface area contributed by atoms with Crippen molar-refractivity contribution in [2.75, 3.05) is 46.1 Å². The second-order valence-corrected chi connectivity index (χ2v) is 18.6.